The molecule has 2 saturated heterocycles. The molecule has 1 atom stereocenters. The van der Waals surface area contributed by atoms with E-state index < -0.39 is 0 Å². The minimum absolute atomic E-state index is 0.0172. The Morgan fingerprint density at radius 3 is 2.61 bits per heavy atom. The van der Waals surface area contributed by atoms with Gasteiger partial charge < -0.3 is 24.6 Å². The fraction of sp³-hybridized carbons (Fsp3) is 0.619. The number of anilines is 1. The Morgan fingerprint density at radius 2 is 1.93 bits per heavy atom. The molecule has 3 rings (SSSR count). The SMILES string of the molecule is CN=C(NCC1CCN(c2ccccc2OC)C1)N1CCC(C(=O)OC)CC1. The Hall–Kier alpha value is -2.44. The number of aliphatic imine (C=N–C) groups is 1. The Balaban J connectivity index is 1.48. The summed E-state index contributed by atoms with van der Waals surface area (Å²) < 4.78 is 10.4. The molecule has 1 unspecified atom stereocenters. The molecule has 2 fully saturated rings. The number of para-hydroxylation sites is 2. The van der Waals surface area contributed by atoms with Gasteiger partial charge in [-0.05, 0) is 37.3 Å². The summed E-state index contributed by atoms with van der Waals surface area (Å²) in [6.07, 6.45) is 2.78. The van der Waals surface area contributed by atoms with Gasteiger partial charge in [-0.25, -0.2) is 0 Å². The van der Waals surface area contributed by atoms with Gasteiger partial charge in [-0.1, -0.05) is 12.1 Å². The summed E-state index contributed by atoms with van der Waals surface area (Å²) in [7, 11) is 5.01. The molecular weight excluding hydrogens is 356 g/mol. The van der Waals surface area contributed by atoms with Crippen molar-refractivity contribution >= 4 is 17.6 Å². The zero-order chi connectivity index (χ0) is 19.9. The Kier molecular flexibility index (Phi) is 7.01. The van der Waals surface area contributed by atoms with Crippen molar-refractivity contribution in [1.82, 2.24) is 10.2 Å². The van der Waals surface area contributed by atoms with Gasteiger partial charge in [0, 0.05) is 39.8 Å². The highest BCUT2D eigenvalue weighted by Crippen LogP contribution is 2.31. The number of hydrogen-bond acceptors (Lipinski definition) is 5. The number of guanidine groups is 1. The molecule has 0 aliphatic carbocycles. The Labute approximate surface area is 167 Å². The molecule has 0 spiro atoms. The lowest BCUT2D eigenvalue weighted by Gasteiger charge is -2.33. The van der Waals surface area contributed by atoms with Crippen molar-refractivity contribution in [3.63, 3.8) is 0 Å². The van der Waals surface area contributed by atoms with E-state index in [2.05, 4.69) is 32.2 Å². The number of rotatable bonds is 5. The molecule has 0 aromatic heterocycles. The van der Waals surface area contributed by atoms with Gasteiger partial charge in [-0.15, -0.1) is 0 Å². The zero-order valence-corrected chi connectivity index (χ0v) is 17.2. The van der Waals surface area contributed by atoms with Crippen LogP contribution in [-0.2, 0) is 9.53 Å². The molecule has 1 N–H and O–H groups in total. The van der Waals surface area contributed by atoms with Crippen LogP contribution >= 0.6 is 0 Å². The van der Waals surface area contributed by atoms with E-state index >= 15 is 0 Å². The molecule has 0 amide bonds. The third kappa shape index (κ3) is 4.69. The molecular formula is C21H32N4O3. The van der Waals surface area contributed by atoms with Crippen LogP contribution < -0.4 is 15.0 Å². The maximum atomic E-state index is 11.7. The second kappa shape index (κ2) is 9.66. The first-order valence-corrected chi connectivity index (χ1v) is 10.1. The van der Waals surface area contributed by atoms with Crippen LogP contribution in [0.25, 0.3) is 0 Å². The number of ether oxygens (including phenoxy) is 2. The van der Waals surface area contributed by atoms with E-state index in [0.717, 1.165) is 63.7 Å². The quantitative estimate of drug-likeness (QED) is 0.473. The van der Waals surface area contributed by atoms with Crippen LogP contribution in [0.4, 0.5) is 5.69 Å². The largest absolute Gasteiger partial charge is 0.495 e. The van der Waals surface area contributed by atoms with Gasteiger partial charge in [-0.3, -0.25) is 9.79 Å². The monoisotopic (exact) mass is 388 g/mol. The summed E-state index contributed by atoms with van der Waals surface area (Å²) in [5.74, 6) is 2.35. The number of carbonyl (C=O) groups is 1. The zero-order valence-electron chi connectivity index (χ0n) is 17.2. The van der Waals surface area contributed by atoms with E-state index in [9.17, 15) is 4.79 Å². The topological polar surface area (TPSA) is 66.4 Å². The Morgan fingerprint density at radius 1 is 1.18 bits per heavy atom. The van der Waals surface area contributed by atoms with E-state index in [1.807, 2.05) is 19.2 Å². The second-order valence-electron chi connectivity index (χ2n) is 7.49. The van der Waals surface area contributed by atoms with Crippen LogP contribution in [0.5, 0.6) is 5.75 Å². The molecule has 7 heteroatoms. The van der Waals surface area contributed by atoms with Crippen molar-refractivity contribution < 1.29 is 14.3 Å². The number of nitrogens with one attached hydrogen (secondary N) is 1. The summed E-state index contributed by atoms with van der Waals surface area (Å²) >= 11 is 0. The molecule has 2 aliphatic heterocycles. The van der Waals surface area contributed by atoms with E-state index in [1.54, 1.807) is 7.11 Å². The lowest BCUT2D eigenvalue weighted by molar-refractivity contribution is -0.146. The minimum Gasteiger partial charge on any atom is -0.495 e. The highest BCUT2D eigenvalue weighted by molar-refractivity contribution is 5.80. The van der Waals surface area contributed by atoms with E-state index in [1.165, 1.54) is 12.8 Å². The van der Waals surface area contributed by atoms with Crippen LogP contribution in [0.3, 0.4) is 0 Å². The number of benzene rings is 1. The van der Waals surface area contributed by atoms with Crippen LogP contribution in [0.15, 0.2) is 29.3 Å². The molecule has 2 aliphatic rings. The van der Waals surface area contributed by atoms with Gasteiger partial charge in [0.15, 0.2) is 5.96 Å². The second-order valence-corrected chi connectivity index (χ2v) is 7.49. The summed E-state index contributed by atoms with van der Waals surface area (Å²) in [5.41, 5.74) is 1.17. The maximum absolute atomic E-state index is 11.7. The Bertz CT molecular complexity index is 686. The predicted octanol–water partition coefficient (Wildman–Crippen LogP) is 1.98. The van der Waals surface area contributed by atoms with Crippen LogP contribution in [0.1, 0.15) is 19.3 Å². The number of hydrogen-bond donors (Lipinski definition) is 1. The summed E-state index contributed by atoms with van der Waals surface area (Å²) in [5, 5.41) is 3.54. The van der Waals surface area contributed by atoms with Crippen molar-refractivity contribution in [3.05, 3.63) is 24.3 Å². The number of methoxy groups -OCH3 is 2. The first-order chi connectivity index (χ1) is 13.7. The molecule has 0 bridgehead atoms. The standard InChI is InChI=1S/C21H32N4O3/c1-22-21(24-12-9-17(10-13-24)20(26)28-3)23-14-16-8-11-25(15-16)18-6-4-5-7-19(18)27-2/h4-7,16-17H,8-15H2,1-3H3,(H,22,23). The van der Waals surface area contributed by atoms with Crippen LogP contribution in [-0.4, -0.2) is 70.8 Å². The van der Waals surface area contributed by atoms with Crippen LogP contribution in [0.2, 0.25) is 0 Å². The minimum atomic E-state index is -0.0926. The van der Waals surface area contributed by atoms with Crippen molar-refractivity contribution in [3.8, 4) is 5.75 Å². The molecule has 1 aromatic carbocycles. The third-order valence-electron chi connectivity index (χ3n) is 5.80. The molecule has 28 heavy (non-hydrogen) atoms. The first kappa shape index (κ1) is 20.3. The van der Waals surface area contributed by atoms with Gasteiger partial charge in [0.2, 0.25) is 0 Å². The summed E-state index contributed by atoms with van der Waals surface area (Å²) in [6.45, 7) is 4.61. The highest BCUT2D eigenvalue weighted by Gasteiger charge is 2.28. The van der Waals surface area contributed by atoms with Crippen LogP contribution in [0, 0.1) is 11.8 Å². The van der Waals surface area contributed by atoms with Gasteiger partial charge in [0.1, 0.15) is 5.75 Å². The predicted molar refractivity (Wildman–Crippen MR) is 111 cm³/mol. The molecule has 7 nitrogen and oxygen atoms in total. The lowest BCUT2D eigenvalue weighted by atomic mass is 9.97. The average Bonchev–Trinajstić information content (AvgIpc) is 3.23. The molecule has 0 saturated carbocycles. The normalized spacial score (nSPS) is 21.0. The van der Waals surface area contributed by atoms with Gasteiger partial charge in [0.05, 0.1) is 25.8 Å². The van der Waals surface area contributed by atoms with Crippen molar-refractivity contribution in [2.24, 2.45) is 16.8 Å². The van der Waals surface area contributed by atoms with Crippen molar-refractivity contribution in [1.29, 1.82) is 0 Å². The van der Waals surface area contributed by atoms with E-state index in [0.29, 0.717) is 5.92 Å². The molecule has 154 valence electrons. The van der Waals surface area contributed by atoms with Gasteiger partial charge in [-0.2, -0.15) is 0 Å². The van der Waals surface area contributed by atoms with Crippen molar-refractivity contribution in [2.45, 2.75) is 19.3 Å². The number of likely N-dealkylation sites (tertiary alicyclic amines) is 1. The number of nitrogens with zero attached hydrogens (tertiary/aromatic N) is 3. The highest BCUT2D eigenvalue weighted by atomic mass is 16.5. The summed E-state index contributed by atoms with van der Waals surface area (Å²) in [4.78, 5) is 20.8. The summed E-state index contributed by atoms with van der Waals surface area (Å²) in [6, 6.07) is 8.20. The molecule has 0 radical (unpaired) electrons. The smallest absolute Gasteiger partial charge is 0.308 e. The van der Waals surface area contributed by atoms with E-state index in [4.69, 9.17) is 9.47 Å². The number of piperidine rings is 1. The number of esters is 1. The third-order valence-corrected chi connectivity index (χ3v) is 5.80. The fourth-order valence-electron chi connectivity index (χ4n) is 4.17. The first-order valence-electron chi connectivity index (χ1n) is 10.1. The van der Waals surface area contributed by atoms with Crippen molar-refractivity contribution in [2.75, 3.05) is 58.9 Å². The number of carbonyl (C=O) groups excluding carboxylic acids is 1. The maximum Gasteiger partial charge on any atom is 0.308 e. The molecule has 2 heterocycles. The van der Waals surface area contributed by atoms with Gasteiger partial charge in [0.25, 0.3) is 0 Å². The lowest BCUT2D eigenvalue weighted by Crippen LogP contribution is -2.47. The van der Waals surface area contributed by atoms with Gasteiger partial charge >= 0.3 is 5.97 Å². The molecule has 1 aromatic rings. The average molecular weight is 389 g/mol. The van der Waals surface area contributed by atoms with E-state index in [-0.39, 0.29) is 11.9 Å². The fourth-order valence-corrected chi connectivity index (χ4v) is 4.17.